The van der Waals surface area contributed by atoms with Crippen LogP contribution in [0.3, 0.4) is 0 Å². The second-order valence-electron chi connectivity index (χ2n) is 14.9. The Morgan fingerprint density at radius 2 is 0.925 bits per heavy atom. The van der Waals surface area contributed by atoms with E-state index in [-0.39, 0.29) is 69.7 Å². The van der Waals surface area contributed by atoms with Gasteiger partial charge in [-0.2, -0.15) is 0 Å². The number of fused-ring (bicyclic) bond motifs is 1. The summed E-state index contributed by atoms with van der Waals surface area (Å²) >= 11 is 0. The van der Waals surface area contributed by atoms with Gasteiger partial charge in [0.15, 0.2) is 0 Å². The number of carbonyl (C=O) groups excluding carboxylic acids is 1. The average Bonchev–Trinajstić information content (AvgIpc) is 3.33. The zero-order chi connectivity index (χ0) is 46.8. The minimum absolute atomic E-state index is 0. The van der Waals surface area contributed by atoms with Gasteiger partial charge in [-0.25, -0.2) is 9.59 Å². The van der Waals surface area contributed by atoms with Gasteiger partial charge in [0, 0.05) is 18.3 Å². The second-order valence-corrected chi connectivity index (χ2v) is 14.9. The first-order chi connectivity index (χ1) is 31.3. The van der Waals surface area contributed by atoms with E-state index in [1.165, 1.54) is 26.0 Å². The molecule has 16 heteroatoms. The topological polar surface area (TPSA) is 187 Å². The lowest BCUT2D eigenvalue weighted by Crippen LogP contribution is -2.46. The molecular weight excluding hydrogens is 857 g/mol. The van der Waals surface area contributed by atoms with Crippen LogP contribution in [0.1, 0.15) is 58.7 Å². The van der Waals surface area contributed by atoms with Crippen molar-refractivity contribution < 1.29 is 23.7 Å². The molecule has 0 unspecified atom stereocenters. The van der Waals surface area contributed by atoms with Gasteiger partial charge in [0.25, 0.3) is 22.6 Å². The van der Waals surface area contributed by atoms with Crippen molar-refractivity contribution in [3.05, 3.63) is 207 Å². The minimum Gasteiger partial charge on any atom is -0.497 e. The summed E-state index contributed by atoms with van der Waals surface area (Å²) in [6.07, 6.45) is 3.02. The van der Waals surface area contributed by atoms with Crippen LogP contribution in [0.4, 0.5) is 0 Å². The highest BCUT2D eigenvalue weighted by Gasteiger charge is 2.23. The number of carbonyl (C=O) groups is 1. The third-order valence-corrected chi connectivity index (χ3v) is 10.7. The van der Waals surface area contributed by atoms with Gasteiger partial charge in [-0.15, -0.1) is 6.58 Å². The fourth-order valence-corrected chi connectivity index (χ4v) is 7.21. The van der Waals surface area contributed by atoms with Gasteiger partial charge in [0.05, 0.1) is 60.0 Å². The van der Waals surface area contributed by atoms with Crippen molar-refractivity contribution in [2.75, 3.05) is 35.0 Å². The van der Waals surface area contributed by atoms with E-state index >= 15 is 0 Å². The second kappa shape index (κ2) is 23.2. The smallest absolute Gasteiger partial charge is 0.332 e. The molecule has 0 spiro atoms. The van der Waals surface area contributed by atoms with Gasteiger partial charge in [-0.05, 0) is 90.2 Å². The number of nitrogens with zero attached hydrogens (tertiary/aromatic N) is 4. The minimum atomic E-state index is -0.569. The summed E-state index contributed by atoms with van der Waals surface area (Å²) < 4.78 is 25.7. The van der Waals surface area contributed by atoms with Crippen LogP contribution in [-0.2, 0) is 26.2 Å². The first-order valence-electron chi connectivity index (χ1n) is 20.4. The molecule has 0 atom stereocenters. The molecule has 4 aromatic carbocycles. The molecule has 16 nitrogen and oxygen atoms in total. The molecule has 352 valence electrons. The Hall–Kier alpha value is -8.14. The van der Waals surface area contributed by atoms with Gasteiger partial charge in [-0.1, -0.05) is 69.5 Å². The van der Waals surface area contributed by atoms with Crippen molar-refractivity contribution in [3.8, 4) is 23.0 Å². The largest absolute Gasteiger partial charge is 0.497 e. The Morgan fingerprint density at radius 1 is 0.567 bits per heavy atom. The predicted molar refractivity (Wildman–Crippen MR) is 262 cm³/mol. The maximum Gasteiger partial charge on any atom is 0.332 e. The number of nitrogens with one attached hydrogen (secondary N) is 2. The molecule has 0 aliphatic rings. The summed E-state index contributed by atoms with van der Waals surface area (Å²) in [4.78, 5) is 81.5. The summed E-state index contributed by atoms with van der Waals surface area (Å²) in [7, 11) is 6.28. The molecule has 0 aliphatic heterocycles. The number of aromatic amines is 1. The molecule has 7 rings (SSSR count). The standard InChI is InChI=1S/C25H27N3O5.C24H23N3O5.2CH4/c1-5-14-26-23(29)22-17(2)24(30)28(16-19-8-12-21(33-4)13-9-19)25(31)27(22)15-18-6-10-20(32-3)11-7-18;1-15-12-25-22(28)21-20(15)23(29)27(14-17-6-10-19(32-3)11-7-17)24(30)26(21)13-16-4-8-18(31-2)9-5-16;;/h5-13H,1,14-16H2,2-4H3,(H,26,29);4-12H,13-14H2,1-3H3,(H,25,28);2*1H4. The Balaban J connectivity index is 0.000000284. The summed E-state index contributed by atoms with van der Waals surface area (Å²) in [5.74, 6) is 2.21. The van der Waals surface area contributed by atoms with Crippen LogP contribution < -0.4 is 52.3 Å². The maximum atomic E-state index is 13.5. The molecule has 0 bridgehead atoms. The number of aromatic nitrogens is 5. The molecular formula is C51H58N6O10. The monoisotopic (exact) mass is 914 g/mol. The van der Waals surface area contributed by atoms with Crippen molar-refractivity contribution in [3.63, 3.8) is 0 Å². The SMILES string of the molecule is C.C.C=CCNC(=O)c1c(C)c(=O)n(Cc2ccc(OC)cc2)c(=O)n1Cc1ccc(OC)cc1.COc1ccc(Cn2c(=O)c3c(C)c[nH]c(=O)c3n(Cc3ccc(OC)cc3)c2=O)cc1. The number of amides is 1. The first-order valence-corrected chi connectivity index (χ1v) is 20.4. The highest BCUT2D eigenvalue weighted by atomic mass is 16.5. The van der Waals surface area contributed by atoms with E-state index in [0.29, 0.717) is 28.6 Å². The number of hydrogen-bond acceptors (Lipinski definition) is 10. The van der Waals surface area contributed by atoms with Gasteiger partial charge in [0.2, 0.25) is 0 Å². The summed E-state index contributed by atoms with van der Waals surface area (Å²) in [6.45, 7) is 7.49. The van der Waals surface area contributed by atoms with Crippen LogP contribution in [0.25, 0.3) is 10.9 Å². The Kier molecular flexibility index (Phi) is 17.8. The van der Waals surface area contributed by atoms with E-state index in [2.05, 4.69) is 16.9 Å². The Labute approximate surface area is 387 Å². The van der Waals surface area contributed by atoms with Crippen LogP contribution in [0, 0.1) is 13.8 Å². The summed E-state index contributed by atoms with van der Waals surface area (Å²) in [5.41, 5.74) is 1.40. The molecule has 3 aromatic heterocycles. The highest BCUT2D eigenvalue weighted by molar-refractivity contribution is 5.94. The average molecular weight is 915 g/mol. The Morgan fingerprint density at radius 3 is 1.31 bits per heavy atom. The lowest BCUT2D eigenvalue weighted by Gasteiger charge is -2.18. The number of H-pyrrole nitrogens is 1. The molecule has 0 radical (unpaired) electrons. The molecule has 67 heavy (non-hydrogen) atoms. The zero-order valence-electron chi connectivity index (χ0n) is 37.0. The molecule has 0 aliphatic carbocycles. The van der Waals surface area contributed by atoms with Crippen LogP contribution in [0.15, 0.2) is 140 Å². The van der Waals surface area contributed by atoms with E-state index in [4.69, 9.17) is 18.9 Å². The van der Waals surface area contributed by atoms with E-state index in [1.54, 1.807) is 115 Å². The van der Waals surface area contributed by atoms with Crippen molar-refractivity contribution in [1.29, 1.82) is 0 Å². The van der Waals surface area contributed by atoms with E-state index in [9.17, 15) is 28.8 Å². The van der Waals surface area contributed by atoms with E-state index < -0.39 is 34.0 Å². The van der Waals surface area contributed by atoms with Crippen LogP contribution >= 0.6 is 0 Å². The van der Waals surface area contributed by atoms with Crippen LogP contribution in [-0.4, -0.2) is 64.1 Å². The van der Waals surface area contributed by atoms with Crippen molar-refractivity contribution in [1.82, 2.24) is 28.6 Å². The molecule has 7 aromatic rings. The normalized spacial score (nSPS) is 10.4. The fraction of sp³-hybridized carbons (Fsp3) is 0.255. The number of rotatable bonds is 15. The van der Waals surface area contributed by atoms with E-state index in [0.717, 1.165) is 26.8 Å². The number of pyridine rings is 1. The quantitative estimate of drug-likeness (QED) is 0.118. The molecule has 0 fully saturated rings. The zero-order valence-corrected chi connectivity index (χ0v) is 37.0. The number of ether oxygens (including phenoxy) is 4. The number of hydrogen-bond donors (Lipinski definition) is 2. The molecule has 0 saturated heterocycles. The molecule has 3 heterocycles. The summed E-state index contributed by atoms with van der Waals surface area (Å²) in [5, 5.41) is 2.90. The Bertz CT molecular complexity index is 3130. The van der Waals surface area contributed by atoms with Crippen LogP contribution in [0.5, 0.6) is 23.0 Å². The van der Waals surface area contributed by atoms with Crippen molar-refractivity contribution in [2.45, 2.75) is 54.9 Å². The lowest BCUT2D eigenvalue weighted by atomic mass is 10.1. The van der Waals surface area contributed by atoms with Gasteiger partial charge in [0.1, 0.15) is 34.2 Å². The lowest BCUT2D eigenvalue weighted by molar-refractivity contribution is 0.0946. The highest BCUT2D eigenvalue weighted by Crippen LogP contribution is 2.17. The number of aryl methyl sites for hydroxylation is 1. The van der Waals surface area contributed by atoms with Crippen LogP contribution in [0.2, 0.25) is 0 Å². The molecule has 0 saturated carbocycles. The van der Waals surface area contributed by atoms with Gasteiger partial charge < -0.3 is 29.2 Å². The third kappa shape index (κ3) is 11.6. The fourth-order valence-electron chi connectivity index (χ4n) is 7.21. The van der Waals surface area contributed by atoms with Gasteiger partial charge >= 0.3 is 11.4 Å². The van der Waals surface area contributed by atoms with E-state index in [1.807, 2.05) is 24.3 Å². The number of benzene rings is 4. The number of methoxy groups -OCH3 is 4. The van der Waals surface area contributed by atoms with Crippen molar-refractivity contribution >= 4 is 16.8 Å². The molecule has 2 N–H and O–H groups in total. The first kappa shape index (κ1) is 51.5. The predicted octanol–water partition coefficient (Wildman–Crippen LogP) is 5.89. The summed E-state index contributed by atoms with van der Waals surface area (Å²) in [6, 6.07) is 28.6. The van der Waals surface area contributed by atoms with Gasteiger partial charge in [-0.3, -0.25) is 37.4 Å². The third-order valence-electron chi connectivity index (χ3n) is 10.7. The van der Waals surface area contributed by atoms with Crippen molar-refractivity contribution in [2.24, 2.45) is 0 Å². The maximum absolute atomic E-state index is 13.5. The molecule has 1 amide bonds.